The lowest BCUT2D eigenvalue weighted by atomic mass is 10.3. The maximum atomic E-state index is 12.3. The highest BCUT2D eigenvalue weighted by Gasteiger charge is 2.23. The van der Waals surface area contributed by atoms with Crippen LogP contribution in [0.1, 0.15) is 24.3 Å². The van der Waals surface area contributed by atoms with Gasteiger partial charge in [0.2, 0.25) is 5.91 Å². The number of carbonyl (C=O) groups excluding carboxylic acids is 2. The minimum absolute atomic E-state index is 0.185. The molecule has 2 rings (SSSR count). The average molecular weight is 386 g/mol. The normalized spacial score (nSPS) is 10.4. The van der Waals surface area contributed by atoms with E-state index in [1.807, 2.05) is 12.1 Å². The second-order valence-electron chi connectivity index (χ2n) is 4.44. The molecule has 1 heterocycles. The molecule has 116 valence electrons. The fourth-order valence-electron chi connectivity index (χ4n) is 2.01. The van der Waals surface area contributed by atoms with Gasteiger partial charge in [-0.2, -0.15) is 0 Å². The molecule has 1 aromatic carbocycles. The Morgan fingerprint density at radius 1 is 1.32 bits per heavy atom. The number of ether oxygens (including phenoxy) is 1. The van der Waals surface area contributed by atoms with Crippen molar-refractivity contribution in [3.05, 3.63) is 45.7 Å². The number of anilines is 1. The summed E-state index contributed by atoms with van der Waals surface area (Å²) < 4.78 is 7.51. The van der Waals surface area contributed by atoms with Crippen molar-refractivity contribution < 1.29 is 14.3 Å². The molecule has 0 radical (unpaired) electrons. The Kier molecular flexibility index (Phi) is 5.26. The molecule has 0 aliphatic carbocycles. The molecule has 5 nitrogen and oxygen atoms in total. The van der Waals surface area contributed by atoms with E-state index < -0.39 is 5.97 Å². The topological polar surface area (TPSA) is 60.3 Å². The summed E-state index contributed by atoms with van der Waals surface area (Å²) in [5, 5.41) is 2.90. The molecule has 1 amide bonds. The minimum Gasteiger partial charge on any atom is -0.461 e. The van der Waals surface area contributed by atoms with E-state index in [2.05, 4.69) is 21.2 Å². The maximum Gasteiger partial charge on any atom is 0.357 e. The van der Waals surface area contributed by atoms with E-state index in [1.165, 1.54) is 17.6 Å². The number of aromatic nitrogens is 1. The summed E-state index contributed by atoms with van der Waals surface area (Å²) in [5.74, 6) is -0.851. The highest BCUT2D eigenvalue weighted by molar-refractivity contribution is 9.10. The van der Waals surface area contributed by atoms with E-state index in [1.54, 1.807) is 19.1 Å². The van der Waals surface area contributed by atoms with Gasteiger partial charge >= 0.3 is 5.97 Å². The fourth-order valence-corrected chi connectivity index (χ4v) is 2.56. The highest BCUT2D eigenvalue weighted by atomic mass is 79.9. The van der Waals surface area contributed by atoms with E-state index in [0.29, 0.717) is 16.5 Å². The van der Waals surface area contributed by atoms with E-state index in [4.69, 9.17) is 16.3 Å². The summed E-state index contributed by atoms with van der Waals surface area (Å²) in [4.78, 5) is 23.6. The third-order valence-electron chi connectivity index (χ3n) is 2.82. The Labute approximate surface area is 141 Å². The zero-order valence-corrected chi connectivity index (χ0v) is 14.4. The Morgan fingerprint density at radius 3 is 2.50 bits per heavy atom. The largest absolute Gasteiger partial charge is 0.461 e. The molecular weight excluding hydrogens is 372 g/mol. The van der Waals surface area contributed by atoms with Crippen molar-refractivity contribution in [3.8, 4) is 5.69 Å². The van der Waals surface area contributed by atoms with Crippen LogP contribution in [-0.4, -0.2) is 23.1 Å². The number of amides is 1. The lowest BCUT2D eigenvalue weighted by Gasteiger charge is -2.11. The van der Waals surface area contributed by atoms with Crippen LogP contribution in [0.5, 0.6) is 0 Å². The molecule has 0 fully saturated rings. The van der Waals surface area contributed by atoms with Gasteiger partial charge in [0.1, 0.15) is 5.15 Å². The summed E-state index contributed by atoms with van der Waals surface area (Å²) in [6.45, 7) is 3.30. The van der Waals surface area contributed by atoms with Crippen LogP contribution >= 0.6 is 27.5 Å². The third-order valence-corrected chi connectivity index (χ3v) is 3.63. The van der Waals surface area contributed by atoms with Gasteiger partial charge in [0.25, 0.3) is 0 Å². The summed E-state index contributed by atoms with van der Waals surface area (Å²) in [6, 6.07) is 8.79. The van der Waals surface area contributed by atoms with Gasteiger partial charge in [0, 0.05) is 17.1 Å². The molecule has 0 aliphatic rings. The van der Waals surface area contributed by atoms with Gasteiger partial charge in [-0.1, -0.05) is 27.5 Å². The minimum atomic E-state index is -0.555. The lowest BCUT2D eigenvalue weighted by molar-refractivity contribution is -0.114. The molecule has 0 atom stereocenters. The van der Waals surface area contributed by atoms with Crippen LogP contribution < -0.4 is 5.32 Å². The van der Waals surface area contributed by atoms with Crippen LogP contribution in [0.25, 0.3) is 5.69 Å². The predicted octanol–water partition coefficient (Wildman–Crippen LogP) is 4.03. The number of hydrogen-bond donors (Lipinski definition) is 1. The molecule has 0 bridgehead atoms. The number of halogens is 2. The van der Waals surface area contributed by atoms with Crippen LogP contribution in [0.3, 0.4) is 0 Å². The first-order chi connectivity index (χ1) is 10.4. The summed E-state index contributed by atoms with van der Waals surface area (Å²) in [5.41, 5.74) is 1.19. The fraction of sp³-hybridized carbons (Fsp3) is 0.200. The first-order valence-electron chi connectivity index (χ1n) is 6.56. The van der Waals surface area contributed by atoms with Crippen molar-refractivity contribution in [2.24, 2.45) is 0 Å². The van der Waals surface area contributed by atoms with Gasteiger partial charge in [-0.05, 0) is 37.3 Å². The van der Waals surface area contributed by atoms with E-state index >= 15 is 0 Å². The molecule has 0 unspecified atom stereocenters. The zero-order chi connectivity index (χ0) is 16.3. The SMILES string of the molecule is CCOC(=O)c1c(NC(C)=O)cc(Cl)n1-c1ccc(Br)cc1. The molecular formula is C15H14BrClN2O3. The summed E-state index contributed by atoms with van der Waals surface area (Å²) in [6.07, 6.45) is 0. The van der Waals surface area contributed by atoms with Crippen molar-refractivity contribution in [1.29, 1.82) is 0 Å². The van der Waals surface area contributed by atoms with Crippen LogP contribution in [0.4, 0.5) is 5.69 Å². The van der Waals surface area contributed by atoms with Crippen LogP contribution in [-0.2, 0) is 9.53 Å². The van der Waals surface area contributed by atoms with E-state index in [9.17, 15) is 9.59 Å². The smallest absolute Gasteiger partial charge is 0.357 e. The molecule has 0 aliphatic heterocycles. The quantitative estimate of drug-likeness (QED) is 0.808. The average Bonchev–Trinajstić information content (AvgIpc) is 2.75. The van der Waals surface area contributed by atoms with Crippen molar-refractivity contribution in [2.75, 3.05) is 11.9 Å². The third kappa shape index (κ3) is 3.51. The first kappa shape index (κ1) is 16.6. The second-order valence-corrected chi connectivity index (χ2v) is 5.75. The van der Waals surface area contributed by atoms with Gasteiger partial charge in [0.15, 0.2) is 5.69 Å². The molecule has 0 saturated heterocycles. The number of nitrogens with one attached hydrogen (secondary N) is 1. The number of rotatable bonds is 4. The zero-order valence-electron chi connectivity index (χ0n) is 12.0. The molecule has 2 aromatic rings. The van der Waals surface area contributed by atoms with Crippen molar-refractivity contribution in [2.45, 2.75) is 13.8 Å². The molecule has 0 spiro atoms. The van der Waals surface area contributed by atoms with Gasteiger partial charge in [-0.25, -0.2) is 4.79 Å². The maximum absolute atomic E-state index is 12.3. The monoisotopic (exact) mass is 384 g/mol. The van der Waals surface area contributed by atoms with Crippen LogP contribution in [0.15, 0.2) is 34.8 Å². The Bertz CT molecular complexity index is 710. The highest BCUT2D eigenvalue weighted by Crippen LogP contribution is 2.30. The Morgan fingerprint density at radius 2 is 1.95 bits per heavy atom. The predicted molar refractivity (Wildman–Crippen MR) is 88.7 cm³/mol. The van der Waals surface area contributed by atoms with Crippen molar-refractivity contribution in [3.63, 3.8) is 0 Å². The number of carbonyl (C=O) groups is 2. The lowest BCUT2D eigenvalue weighted by Crippen LogP contribution is -2.15. The second kappa shape index (κ2) is 6.98. The van der Waals surface area contributed by atoms with E-state index in [-0.39, 0.29) is 18.2 Å². The molecule has 1 aromatic heterocycles. The standard InChI is InChI=1S/C15H14BrClN2O3/c1-3-22-15(21)14-12(18-9(2)20)8-13(17)19(14)11-6-4-10(16)5-7-11/h4-8H,3H2,1-2H3,(H,18,20). The van der Waals surface area contributed by atoms with Crippen molar-refractivity contribution in [1.82, 2.24) is 4.57 Å². The number of esters is 1. The van der Waals surface area contributed by atoms with Gasteiger partial charge in [-0.3, -0.25) is 9.36 Å². The number of hydrogen-bond acceptors (Lipinski definition) is 3. The first-order valence-corrected chi connectivity index (χ1v) is 7.73. The van der Waals surface area contributed by atoms with Gasteiger partial charge in [0.05, 0.1) is 12.3 Å². The van der Waals surface area contributed by atoms with Crippen LogP contribution in [0, 0.1) is 0 Å². The number of nitrogens with zero attached hydrogens (tertiary/aromatic N) is 1. The van der Waals surface area contributed by atoms with Gasteiger partial charge < -0.3 is 10.1 Å². The Balaban J connectivity index is 2.60. The molecule has 7 heteroatoms. The Hall–Kier alpha value is -1.79. The van der Waals surface area contributed by atoms with E-state index in [0.717, 1.165) is 4.47 Å². The molecule has 22 heavy (non-hydrogen) atoms. The van der Waals surface area contributed by atoms with Crippen molar-refractivity contribution >= 4 is 45.1 Å². The van der Waals surface area contributed by atoms with Crippen LogP contribution in [0.2, 0.25) is 5.15 Å². The summed E-state index contributed by atoms with van der Waals surface area (Å²) in [7, 11) is 0. The molecule has 0 saturated carbocycles. The number of benzene rings is 1. The molecule has 1 N–H and O–H groups in total. The summed E-state index contributed by atoms with van der Waals surface area (Å²) >= 11 is 9.60. The van der Waals surface area contributed by atoms with Gasteiger partial charge in [-0.15, -0.1) is 0 Å².